The molecule has 5 rings (SSSR count). The first-order chi connectivity index (χ1) is 16.5. The van der Waals surface area contributed by atoms with Gasteiger partial charge in [-0.05, 0) is 42.7 Å². The molecule has 1 saturated heterocycles. The van der Waals surface area contributed by atoms with Crippen LogP contribution in [-0.2, 0) is 29.5 Å². The largest absolute Gasteiger partial charge is 0.298 e. The quantitative estimate of drug-likeness (QED) is 0.503. The Morgan fingerprint density at radius 3 is 2.40 bits per heavy atom. The molecule has 1 N–H and O–H groups in total. The fourth-order valence-electron chi connectivity index (χ4n) is 4.48. The molecule has 0 aliphatic carbocycles. The molecular weight excluding hydrogens is 504 g/mol. The summed E-state index contributed by atoms with van der Waals surface area (Å²) in [5.74, 6) is -0.283. The van der Waals surface area contributed by atoms with Gasteiger partial charge in [0.05, 0.1) is 10.6 Å². The molecular formula is C25H29ClN4O3S2. The number of piperidine rings is 1. The molecule has 2 aromatic carbocycles. The van der Waals surface area contributed by atoms with Crippen molar-refractivity contribution < 1.29 is 13.2 Å². The number of anilines is 1. The van der Waals surface area contributed by atoms with Gasteiger partial charge in [0.25, 0.3) is 5.91 Å². The summed E-state index contributed by atoms with van der Waals surface area (Å²) < 4.78 is 27.2. The predicted molar refractivity (Wildman–Crippen MR) is 141 cm³/mol. The van der Waals surface area contributed by atoms with E-state index in [0.717, 1.165) is 51.0 Å². The molecule has 0 atom stereocenters. The molecule has 0 saturated carbocycles. The van der Waals surface area contributed by atoms with Gasteiger partial charge < -0.3 is 0 Å². The fourth-order valence-corrected chi connectivity index (χ4v) is 7.04. The molecule has 1 aromatic heterocycles. The maximum atomic E-state index is 12.8. The van der Waals surface area contributed by atoms with Crippen LogP contribution in [-0.4, -0.2) is 48.1 Å². The van der Waals surface area contributed by atoms with E-state index < -0.39 is 10.0 Å². The van der Waals surface area contributed by atoms with Crippen LogP contribution in [0.25, 0.3) is 0 Å². The van der Waals surface area contributed by atoms with Crippen molar-refractivity contribution in [1.82, 2.24) is 14.2 Å². The van der Waals surface area contributed by atoms with Crippen molar-refractivity contribution in [3.63, 3.8) is 0 Å². The number of benzene rings is 2. The van der Waals surface area contributed by atoms with Crippen LogP contribution in [0.15, 0.2) is 59.5 Å². The number of rotatable bonds is 6. The molecule has 3 aromatic rings. The van der Waals surface area contributed by atoms with Gasteiger partial charge in [-0.25, -0.2) is 13.4 Å². The predicted octanol–water partition coefficient (Wildman–Crippen LogP) is 4.55. The first kappa shape index (κ1) is 25.8. The molecule has 2 aliphatic rings. The van der Waals surface area contributed by atoms with E-state index >= 15 is 0 Å². The van der Waals surface area contributed by atoms with Crippen LogP contribution in [0.1, 0.15) is 45.8 Å². The minimum Gasteiger partial charge on any atom is -0.298 e. The first-order valence-electron chi connectivity index (χ1n) is 11.7. The van der Waals surface area contributed by atoms with Crippen molar-refractivity contribution in [2.75, 3.05) is 25.0 Å². The Morgan fingerprint density at radius 1 is 0.971 bits per heavy atom. The second-order valence-electron chi connectivity index (χ2n) is 8.78. The van der Waals surface area contributed by atoms with E-state index in [1.165, 1.54) is 38.2 Å². The number of halogens is 1. The molecule has 0 unspecified atom stereocenters. The lowest BCUT2D eigenvalue weighted by Gasteiger charge is -2.25. The second-order valence-corrected chi connectivity index (χ2v) is 11.8. The normalized spacial score (nSPS) is 16.8. The van der Waals surface area contributed by atoms with E-state index in [2.05, 4.69) is 39.5 Å². The van der Waals surface area contributed by atoms with Gasteiger partial charge in [0.2, 0.25) is 10.0 Å². The van der Waals surface area contributed by atoms with Gasteiger partial charge in [-0.2, -0.15) is 4.31 Å². The number of fused-ring (bicyclic) bond motifs is 1. The van der Waals surface area contributed by atoms with E-state index in [1.54, 1.807) is 12.1 Å². The summed E-state index contributed by atoms with van der Waals surface area (Å²) in [6.45, 7) is 3.77. The average molecular weight is 533 g/mol. The zero-order valence-corrected chi connectivity index (χ0v) is 21.8. The molecule has 1 fully saturated rings. The maximum Gasteiger partial charge on any atom is 0.257 e. The zero-order valence-electron chi connectivity index (χ0n) is 19.4. The van der Waals surface area contributed by atoms with Gasteiger partial charge in [0, 0.05) is 49.6 Å². The average Bonchev–Trinajstić information content (AvgIpc) is 3.27. The molecule has 7 nitrogen and oxygen atoms in total. The molecule has 186 valence electrons. The minimum absolute atomic E-state index is 0. The lowest BCUT2D eigenvalue weighted by Crippen LogP contribution is -2.35. The van der Waals surface area contributed by atoms with Crippen molar-refractivity contribution >= 4 is 44.8 Å². The number of hydrogen-bond acceptors (Lipinski definition) is 6. The molecule has 3 heterocycles. The number of sulfonamides is 1. The highest BCUT2D eigenvalue weighted by molar-refractivity contribution is 7.89. The molecule has 1 amide bonds. The zero-order chi connectivity index (χ0) is 23.5. The first-order valence-corrected chi connectivity index (χ1v) is 13.9. The molecule has 0 radical (unpaired) electrons. The van der Waals surface area contributed by atoms with Gasteiger partial charge in [-0.1, -0.05) is 36.8 Å². The fraction of sp³-hybridized carbons (Fsp3) is 0.360. The van der Waals surface area contributed by atoms with Crippen molar-refractivity contribution in [1.29, 1.82) is 0 Å². The molecule has 0 spiro atoms. The highest BCUT2D eigenvalue weighted by atomic mass is 35.5. The summed E-state index contributed by atoms with van der Waals surface area (Å²) in [4.78, 5) is 21.2. The number of carbonyl (C=O) groups excluding carboxylic acids is 1. The Kier molecular flexibility index (Phi) is 8.23. The summed E-state index contributed by atoms with van der Waals surface area (Å²) in [6.07, 6.45) is 3.71. The molecule has 2 aliphatic heterocycles. The Morgan fingerprint density at radius 2 is 1.69 bits per heavy atom. The lowest BCUT2D eigenvalue weighted by atomic mass is 10.1. The van der Waals surface area contributed by atoms with Crippen molar-refractivity contribution in [3.8, 4) is 0 Å². The van der Waals surface area contributed by atoms with Crippen LogP contribution in [0, 0.1) is 0 Å². The number of nitrogens with zero attached hydrogens (tertiary/aromatic N) is 3. The Bertz CT molecular complexity index is 1260. The van der Waals surface area contributed by atoms with Crippen LogP contribution in [0.3, 0.4) is 0 Å². The van der Waals surface area contributed by atoms with E-state index in [-0.39, 0.29) is 23.2 Å². The number of thiazole rings is 1. The van der Waals surface area contributed by atoms with E-state index in [9.17, 15) is 13.2 Å². The Balaban J connectivity index is 0.00000289. The standard InChI is InChI=1S/C25H28N4O3S2.ClH/c30-24(20-9-11-21(12-10-20)34(31,32)29-14-5-2-6-15-29)27-25-26-22-13-16-28(18-23(22)33-25)17-19-7-3-1-4-8-19;/h1,3-4,7-12H,2,5-6,13-18H2,(H,26,27,30);1H. The summed E-state index contributed by atoms with van der Waals surface area (Å²) in [7, 11) is -3.51. The van der Waals surface area contributed by atoms with Gasteiger partial charge >= 0.3 is 0 Å². The van der Waals surface area contributed by atoms with Crippen LogP contribution < -0.4 is 5.32 Å². The van der Waals surface area contributed by atoms with Crippen molar-refractivity contribution in [3.05, 3.63) is 76.3 Å². The third-order valence-corrected chi connectivity index (χ3v) is 9.26. The van der Waals surface area contributed by atoms with Gasteiger partial charge in [0.1, 0.15) is 0 Å². The van der Waals surface area contributed by atoms with E-state index in [0.29, 0.717) is 23.8 Å². The Hall–Kier alpha value is -2.30. The topological polar surface area (TPSA) is 82.6 Å². The van der Waals surface area contributed by atoms with E-state index in [1.807, 2.05) is 6.07 Å². The SMILES string of the molecule is Cl.O=C(Nc1nc2c(s1)CN(Cc1ccccc1)CC2)c1ccc(S(=O)(=O)N2CCCCC2)cc1. The van der Waals surface area contributed by atoms with Gasteiger partial charge in [-0.15, -0.1) is 23.7 Å². The molecule has 10 heteroatoms. The van der Waals surface area contributed by atoms with Crippen LogP contribution in [0.4, 0.5) is 5.13 Å². The summed E-state index contributed by atoms with van der Waals surface area (Å²) in [5, 5.41) is 3.48. The smallest absolute Gasteiger partial charge is 0.257 e. The highest BCUT2D eigenvalue weighted by Gasteiger charge is 2.26. The van der Waals surface area contributed by atoms with Crippen molar-refractivity contribution in [2.24, 2.45) is 0 Å². The maximum absolute atomic E-state index is 12.8. The molecule has 0 bridgehead atoms. The summed E-state index contributed by atoms with van der Waals surface area (Å²) >= 11 is 1.51. The highest BCUT2D eigenvalue weighted by Crippen LogP contribution is 2.29. The monoisotopic (exact) mass is 532 g/mol. The Labute approximate surface area is 216 Å². The third-order valence-electron chi connectivity index (χ3n) is 6.35. The number of aromatic nitrogens is 1. The molecule has 35 heavy (non-hydrogen) atoms. The van der Waals surface area contributed by atoms with Crippen LogP contribution in [0.5, 0.6) is 0 Å². The number of carbonyl (C=O) groups is 1. The van der Waals surface area contributed by atoms with Gasteiger partial charge in [0.15, 0.2) is 5.13 Å². The number of nitrogens with one attached hydrogen (secondary N) is 1. The lowest BCUT2D eigenvalue weighted by molar-refractivity contribution is 0.102. The summed E-state index contributed by atoms with van der Waals surface area (Å²) in [5.41, 5.74) is 2.75. The van der Waals surface area contributed by atoms with Crippen LogP contribution in [0.2, 0.25) is 0 Å². The number of hydrogen-bond donors (Lipinski definition) is 1. The third kappa shape index (κ3) is 5.92. The van der Waals surface area contributed by atoms with Gasteiger partial charge in [-0.3, -0.25) is 15.0 Å². The van der Waals surface area contributed by atoms with Crippen LogP contribution >= 0.6 is 23.7 Å². The van der Waals surface area contributed by atoms with Crippen molar-refractivity contribution in [2.45, 2.75) is 43.7 Å². The van der Waals surface area contributed by atoms with E-state index in [4.69, 9.17) is 0 Å². The number of amides is 1. The summed E-state index contributed by atoms with van der Waals surface area (Å²) in [6, 6.07) is 16.6. The second kappa shape index (κ2) is 11.2. The minimum atomic E-state index is -3.51.